The van der Waals surface area contributed by atoms with Gasteiger partial charge in [0.05, 0.1) is 30.8 Å². The zero-order valence-electron chi connectivity index (χ0n) is 13.6. The van der Waals surface area contributed by atoms with Crippen LogP contribution in [0.2, 0.25) is 0 Å². The Labute approximate surface area is 151 Å². The first-order chi connectivity index (χ1) is 12.3. The van der Waals surface area contributed by atoms with Gasteiger partial charge >= 0.3 is 0 Å². The van der Waals surface area contributed by atoms with Crippen molar-refractivity contribution in [2.45, 2.75) is 12.1 Å². The first kappa shape index (κ1) is 15.7. The number of benzene rings is 1. The summed E-state index contributed by atoms with van der Waals surface area (Å²) < 4.78 is 11.3. The standard InChI is InChI=1S/C19H17N3O2S/c1-23-15-9-3-2-8-14(15)22-18(16-10-6-12-24-16)17(21-19(22)25)13-7-4-5-11-20-13/h2-12,17-18H,1H3,(H,21,25)/t17-,18+/m0/s1. The van der Waals surface area contributed by atoms with E-state index in [0.717, 1.165) is 22.9 Å². The summed E-state index contributed by atoms with van der Waals surface area (Å²) in [5.41, 5.74) is 1.80. The Kier molecular flexibility index (Phi) is 4.11. The fourth-order valence-corrected chi connectivity index (χ4v) is 3.53. The van der Waals surface area contributed by atoms with E-state index in [1.807, 2.05) is 59.5 Å². The van der Waals surface area contributed by atoms with Gasteiger partial charge in [-0.3, -0.25) is 4.98 Å². The van der Waals surface area contributed by atoms with E-state index >= 15 is 0 Å². The molecular formula is C19H17N3O2S. The number of furan rings is 1. The average molecular weight is 351 g/mol. The van der Waals surface area contributed by atoms with E-state index in [0.29, 0.717) is 5.11 Å². The molecule has 0 bridgehead atoms. The highest BCUT2D eigenvalue weighted by molar-refractivity contribution is 7.80. The number of nitrogens with zero attached hydrogens (tertiary/aromatic N) is 2. The smallest absolute Gasteiger partial charge is 0.174 e. The van der Waals surface area contributed by atoms with E-state index in [4.69, 9.17) is 21.4 Å². The second kappa shape index (κ2) is 6.57. The van der Waals surface area contributed by atoms with Crippen molar-refractivity contribution in [2.75, 3.05) is 12.0 Å². The molecule has 0 aliphatic carbocycles. The SMILES string of the molecule is COc1ccccc1N1C(=S)N[C@@H](c2ccccn2)[C@H]1c1ccco1. The van der Waals surface area contributed by atoms with Crippen LogP contribution < -0.4 is 15.0 Å². The minimum Gasteiger partial charge on any atom is -0.495 e. The quantitative estimate of drug-likeness (QED) is 0.721. The van der Waals surface area contributed by atoms with E-state index in [9.17, 15) is 0 Å². The molecular weight excluding hydrogens is 334 g/mol. The van der Waals surface area contributed by atoms with Gasteiger partial charge in [0.1, 0.15) is 17.6 Å². The molecule has 1 aliphatic heterocycles. The molecule has 1 saturated heterocycles. The van der Waals surface area contributed by atoms with Crippen LogP contribution in [0.5, 0.6) is 5.75 Å². The van der Waals surface area contributed by atoms with E-state index in [1.54, 1.807) is 19.6 Å². The van der Waals surface area contributed by atoms with Crippen LogP contribution >= 0.6 is 12.2 Å². The highest BCUT2D eigenvalue weighted by Crippen LogP contribution is 2.44. The molecule has 126 valence electrons. The Morgan fingerprint density at radius 3 is 2.68 bits per heavy atom. The van der Waals surface area contributed by atoms with Gasteiger partial charge in [-0.15, -0.1) is 0 Å². The van der Waals surface area contributed by atoms with Crippen molar-refractivity contribution in [1.29, 1.82) is 0 Å². The third-order valence-corrected chi connectivity index (χ3v) is 4.59. The van der Waals surface area contributed by atoms with Crippen molar-refractivity contribution >= 4 is 23.0 Å². The minimum absolute atomic E-state index is 0.121. The molecule has 5 nitrogen and oxygen atoms in total. The molecule has 25 heavy (non-hydrogen) atoms. The zero-order chi connectivity index (χ0) is 17.2. The van der Waals surface area contributed by atoms with Crippen LogP contribution in [0.1, 0.15) is 23.5 Å². The largest absolute Gasteiger partial charge is 0.495 e. The van der Waals surface area contributed by atoms with Gasteiger partial charge in [-0.1, -0.05) is 18.2 Å². The molecule has 1 aromatic carbocycles. The van der Waals surface area contributed by atoms with Crippen LogP contribution in [0.4, 0.5) is 5.69 Å². The van der Waals surface area contributed by atoms with Gasteiger partial charge in [-0.25, -0.2) is 0 Å². The number of ether oxygens (including phenoxy) is 1. The van der Waals surface area contributed by atoms with E-state index in [-0.39, 0.29) is 12.1 Å². The molecule has 0 unspecified atom stereocenters. The third kappa shape index (κ3) is 2.74. The molecule has 2 aromatic heterocycles. The Hall–Kier alpha value is -2.86. The molecule has 0 amide bonds. The number of para-hydroxylation sites is 2. The average Bonchev–Trinajstić information content (AvgIpc) is 3.30. The normalized spacial score (nSPS) is 19.7. The summed E-state index contributed by atoms with van der Waals surface area (Å²) >= 11 is 5.65. The van der Waals surface area contributed by atoms with Gasteiger partial charge in [-0.05, 0) is 48.6 Å². The van der Waals surface area contributed by atoms with Crippen molar-refractivity contribution in [1.82, 2.24) is 10.3 Å². The number of hydrogen-bond acceptors (Lipinski definition) is 4. The highest BCUT2D eigenvalue weighted by atomic mass is 32.1. The van der Waals surface area contributed by atoms with Crippen molar-refractivity contribution in [3.63, 3.8) is 0 Å². The Morgan fingerprint density at radius 2 is 1.96 bits per heavy atom. The number of hydrogen-bond donors (Lipinski definition) is 1. The monoisotopic (exact) mass is 351 g/mol. The number of nitrogens with one attached hydrogen (secondary N) is 1. The molecule has 1 aliphatic rings. The van der Waals surface area contributed by atoms with Crippen LogP contribution in [0, 0.1) is 0 Å². The van der Waals surface area contributed by atoms with Gasteiger partial charge in [0, 0.05) is 6.20 Å². The molecule has 3 aromatic rings. The third-order valence-electron chi connectivity index (χ3n) is 4.28. The summed E-state index contributed by atoms with van der Waals surface area (Å²) in [5, 5.41) is 4.00. The Bertz CT molecular complexity index is 867. The predicted octanol–water partition coefficient (Wildman–Crippen LogP) is 3.86. The number of pyridine rings is 1. The number of methoxy groups -OCH3 is 1. The van der Waals surface area contributed by atoms with Crippen LogP contribution in [-0.4, -0.2) is 17.2 Å². The molecule has 1 N–H and O–H groups in total. The molecule has 0 spiro atoms. The molecule has 2 atom stereocenters. The molecule has 0 saturated carbocycles. The molecule has 4 rings (SSSR count). The van der Waals surface area contributed by atoms with E-state index in [1.165, 1.54) is 0 Å². The molecule has 3 heterocycles. The van der Waals surface area contributed by atoms with Gasteiger partial charge < -0.3 is 19.4 Å². The number of aromatic nitrogens is 1. The Morgan fingerprint density at radius 1 is 1.12 bits per heavy atom. The maximum atomic E-state index is 5.73. The van der Waals surface area contributed by atoms with Crippen LogP contribution in [-0.2, 0) is 0 Å². The van der Waals surface area contributed by atoms with Crippen LogP contribution in [0.15, 0.2) is 71.5 Å². The second-order valence-electron chi connectivity index (χ2n) is 5.68. The van der Waals surface area contributed by atoms with Gasteiger partial charge in [-0.2, -0.15) is 0 Å². The maximum absolute atomic E-state index is 5.73. The van der Waals surface area contributed by atoms with Gasteiger partial charge in [0.15, 0.2) is 5.11 Å². The van der Waals surface area contributed by atoms with Crippen molar-refractivity contribution in [3.05, 3.63) is 78.5 Å². The molecule has 1 fully saturated rings. The predicted molar refractivity (Wildman–Crippen MR) is 99.6 cm³/mol. The summed E-state index contributed by atoms with van der Waals surface area (Å²) in [4.78, 5) is 6.54. The van der Waals surface area contributed by atoms with Gasteiger partial charge in [0.25, 0.3) is 0 Å². The number of anilines is 1. The lowest BCUT2D eigenvalue weighted by molar-refractivity contribution is 0.408. The topological polar surface area (TPSA) is 50.5 Å². The summed E-state index contributed by atoms with van der Waals surface area (Å²) in [5.74, 6) is 1.57. The first-order valence-corrected chi connectivity index (χ1v) is 8.37. The fourth-order valence-electron chi connectivity index (χ4n) is 3.19. The molecule has 6 heteroatoms. The minimum atomic E-state index is -0.159. The summed E-state index contributed by atoms with van der Waals surface area (Å²) in [6, 6.07) is 17.2. The van der Waals surface area contributed by atoms with E-state index in [2.05, 4.69) is 10.3 Å². The fraction of sp³-hybridized carbons (Fsp3) is 0.158. The van der Waals surface area contributed by atoms with E-state index < -0.39 is 0 Å². The number of thiocarbonyl (C=S) groups is 1. The first-order valence-electron chi connectivity index (χ1n) is 7.96. The van der Waals surface area contributed by atoms with Crippen LogP contribution in [0.25, 0.3) is 0 Å². The number of rotatable bonds is 4. The lowest BCUT2D eigenvalue weighted by Gasteiger charge is -2.27. The van der Waals surface area contributed by atoms with Crippen molar-refractivity contribution < 1.29 is 9.15 Å². The van der Waals surface area contributed by atoms with Gasteiger partial charge in [0.2, 0.25) is 0 Å². The van der Waals surface area contributed by atoms with Crippen LogP contribution in [0.3, 0.4) is 0 Å². The lowest BCUT2D eigenvalue weighted by Crippen LogP contribution is -2.29. The zero-order valence-corrected chi connectivity index (χ0v) is 14.4. The maximum Gasteiger partial charge on any atom is 0.174 e. The van der Waals surface area contributed by atoms with Crippen molar-refractivity contribution in [2.24, 2.45) is 0 Å². The summed E-state index contributed by atoms with van der Waals surface area (Å²) in [6.07, 6.45) is 3.46. The second-order valence-corrected chi connectivity index (χ2v) is 6.07. The highest BCUT2D eigenvalue weighted by Gasteiger charge is 2.43. The molecule has 0 radical (unpaired) electrons. The summed E-state index contributed by atoms with van der Waals surface area (Å²) in [6.45, 7) is 0. The summed E-state index contributed by atoms with van der Waals surface area (Å²) in [7, 11) is 1.66. The Balaban J connectivity index is 1.84. The lowest BCUT2D eigenvalue weighted by atomic mass is 10.0. The van der Waals surface area contributed by atoms with Crippen molar-refractivity contribution in [3.8, 4) is 5.75 Å².